The van der Waals surface area contributed by atoms with Crippen molar-refractivity contribution in [3.63, 3.8) is 0 Å². The van der Waals surface area contributed by atoms with Crippen LogP contribution in [0.1, 0.15) is 17.3 Å². The van der Waals surface area contributed by atoms with E-state index < -0.39 is 0 Å². The van der Waals surface area contributed by atoms with E-state index >= 15 is 0 Å². The number of nitrogens with two attached hydrogens (primary N) is 1. The zero-order valence-corrected chi connectivity index (χ0v) is 14.3. The lowest BCUT2D eigenvalue weighted by Crippen LogP contribution is -2.29. The van der Waals surface area contributed by atoms with Gasteiger partial charge in [0, 0.05) is 25.3 Å². The summed E-state index contributed by atoms with van der Waals surface area (Å²) in [6, 6.07) is 9.95. The standard InChI is InChI=1S/C14H11Br2N3S/c15-10-5-8-3-1-2-4-12(8)18-14(10)13(19-17)9-6-20-7-11(9)16/h1-7,13,19H,17H2. The molecule has 3 rings (SSSR count). The molecule has 3 nitrogen and oxygen atoms in total. The summed E-state index contributed by atoms with van der Waals surface area (Å²) in [5.74, 6) is 5.75. The van der Waals surface area contributed by atoms with Crippen LogP contribution < -0.4 is 11.3 Å². The average Bonchev–Trinajstić information content (AvgIpc) is 2.87. The maximum absolute atomic E-state index is 5.75. The van der Waals surface area contributed by atoms with Crippen molar-refractivity contribution in [1.29, 1.82) is 0 Å². The molecule has 0 saturated heterocycles. The number of aromatic nitrogens is 1. The van der Waals surface area contributed by atoms with Gasteiger partial charge in [-0.05, 0) is 49.4 Å². The van der Waals surface area contributed by atoms with Gasteiger partial charge in [-0.25, -0.2) is 10.4 Å². The number of benzene rings is 1. The normalized spacial score (nSPS) is 12.8. The molecule has 3 aromatic rings. The monoisotopic (exact) mass is 411 g/mol. The molecule has 0 aliphatic heterocycles. The van der Waals surface area contributed by atoms with Crippen LogP contribution in [0.3, 0.4) is 0 Å². The van der Waals surface area contributed by atoms with Crippen LogP contribution in [0.25, 0.3) is 10.9 Å². The van der Waals surface area contributed by atoms with E-state index in [4.69, 9.17) is 10.8 Å². The smallest absolute Gasteiger partial charge is 0.0912 e. The van der Waals surface area contributed by atoms with Gasteiger partial charge in [-0.15, -0.1) is 0 Å². The Kier molecular flexibility index (Phi) is 4.18. The van der Waals surface area contributed by atoms with Crippen LogP contribution in [-0.2, 0) is 0 Å². The van der Waals surface area contributed by atoms with Gasteiger partial charge in [-0.3, -0.25) is 5.84 Å². The summed E-state index contributed by atoms with van der Waals surface area (Å²) in [6.07, 6.45) is 0. The first-order valence-corrected chi connectivity index (χ1v) is 8.46. The van der Waals surface area contributed by atoms with Crippen molar-refractivity contribution < 1.29 is 0 Å². The largest absolute Gasteiger partial charge is 0.271 e. The number of halogens is 2. The highest BCUT2D eigenvalue weighted by Gasteiger charge is 2.20. The molecule has 0 aliphatic rings. The molecule has 1 atom stereocenters. The summed E-state index contributed by atoms with van der Waals surface area (Å²) in [5.41, 5.74) is 5.77. The van der Waals surface area contributed by atoms with Gasteiger partial charge < -0.3 is 0 Å². The SMILES string of the molecule is NNC(c1cscc1Br)c1nc2ccccc2cc1Br. The van der Waals surface area contributed by atoms with E-state index in [1.807, 2.05) is 29.6 Å². The summed E-state index contributed by atoms with van der Waals surface area (Å²) < 4.78 is 1.98. The second-order valence-electron chi connectivity index (χ2n) is 4.32. The molecule has 0 fully saturated rings. The summed E-state index contributed by atoms with van der Waals surface area (Å²) in [5, 5.41) is 5.20. The zero-order valence-electron chi connectivity index (χ0n) is 10.3. The van der Waals surface area contributed by atoms with Crippen LogP contribution in [0, 0.1) is 0 Å². The quantitative estimate of drug-likeness (QED) is 0.495. The fraction of sp³-hybridized carbons (Fsp3) is 0.0714. The molecule has 0 aliphatic carbocycles. The number of hydrogen-bond acceptors (Lipinski definition) is 4. The Morgan fingerprint density at radius 2 is 1.95 bits per heavy atom. The maximum atomic E-state index is 5.75. The summed E-state index contributed by atoms with van der Waals surface area (Å²) in [6.45, 7) is 0. The van der Waals surface area contributed by atoms with Gasteiger partial charge in [-0.2, -0.15) is 11.3 Å². The zero-order chi connectivity index (χ0) is 14.1. The Labute approximate surface area is 137 Å². The maximum Gasteiger partial charge on any atom is 0.0912 e. The van der Waals surface area contributed by atoms with Gasteiger partial charge in [0.25, 0.3) is 0 Å². The molecule has 2 heterocycles. The average molecular weight is 413 g/mol. The van der Waals surface area contributed by atoms with E-state index in [0.717, 1.165) is 31.1 Å². The minimum absolute atomic E-state index is 0.158. The first-order valence-electron chi connectivity index (χ1n) is 5.93. The summed E-state index contributed by atoms with van der Waals surface area (Å²) in [7, 11) is 0. The molecule has 0 spiro atoms. The van der Waals surface area contributed by atoms with Crippen molar-refractivity contribution in [1.82, 2.24) is 10.4 Å². The van der Waals surface area contributed by atoms with E-state index in [1.165, 1.54) is 0 Å². The fourth-order valence-corrected chi connectivity index (χ4v) is 4.24. The van der Waals surface area contributed by atoms with Crippen LogP contribution >= 0.6 is 43.2 Å². The molecule has 0 amide bonds. The molecule has 2 aromatic heterocycles. The van der Waals surface area contributed by atoms with E-state index in [1.54, 1.807) is 11.3 Å². The molecule has 1 aromatic carbocycles. The number of hydrogen-bond donors (Lipinski definition) is 2. The van der Waals surface area contributed by atoms with Crippen molar-refractivity contribution in [2.75, 3.05) is 0 Å². The van der Waals surface area contributed by atoms with E-state index in [2.05, 4.69) is 48.7 Å². The lowest BCUT2D eigenvalue weighted by Gasteiger charge is -2.17. The minimum Gasteiger partial charge on any atom is -0.271 e. The third-order valence-corrected chi connectivity index (χ3v) is 5.48. The molecule has 20 heavy (non-hydrogen) atoms. The Morgan fingerprint density at radius 1 is 1.15 bits per heavy atom. The highest BCUT2D eigenvalue weighted by Crippen LogP contribution is 2.34. The lowest BCUT2D eigenvalue weighted by atomic mass is 10.1. The van der Waals surface area contributed by atoms with Gasteiger partial charge >= 0.3 is 0 Å². The molecule has 102 valence electrons. The van der Waals surface area contributed by atoms with Gasteiger partial charge in [0.1, 0.15) is 0 Å². The predicted octanol–water partition coefficient (Wildman–Crippen LogP) is 4.37. The molecule has 0 radical (unpaired) electrons. The number of nitrogens with zero attached hydrogens (tertiary/aromatic N) is 1. The van der Waals surface area contributed by atoms with Crippen LogP contribution in [0.4, 0.5) is 0 Å². The summed E-state index contributed by atoms with van der Waals surface area (Å²) in [4.78, 5) is 4.74. The van der Waals surface area contributed by atoms with Crippen LogP contribution in [0.15, 0.2) is 50.0 Å². The van der Waals surface area contributed by atoms with Crippen molar-refractivity contribution in [3.8, 4) is 0 Å². The molecule has 0 bridgehead atoms. The van der Waals surface area contributed by atoms with Crippen molar-refractivity contribution in [3.05, 3.63) is 61.3 Å². The van der Waals surface area contributed by atoms with Gasteiger partial charge in [0.2, 0.25) is 0 Å². The van der Waals surface area contributed by atoms with Gasteiger partial charge in [0.05, 0.1) is 17.3 Å². The lowest BCUT2D eigenvalue weighted by molar-refractivity contribution is 0.620. The van der Waals surface area contributed by atoms with Gasteiger partial charge in [0.15, 0.2) is 0 Å². The number of thiophene rings is 1. The molecule has 6 heteroatoms. The molecular formula is C14H11Br2N3S. The second-order valence-corrected chi connectivity index (χ2v) is 6.78. The Morgan fingerprint density at radius 3 is 2.65 bits per heavy atom. The molecule has 3 N–H and O–H groups in total. The number of hydrazine groups is 1. The summed E-state index contributed by atoms with van der Waals surface area (Å²) >= 11 is 8.78. The molecular weight excluding hydrogens is 402 g/mol. The van der Waals surface area contributed by atoms with Crippen LogP contribution in [0.5, 0.6) is 0 Å². The number of fused-ring (bicyclic) bond motifs is 1. The van der Waals surface area contributed by atoms with E-state index in [-0.39, 0.29) is 6.04 Å². The second kappa shape index (κ2) is 5.91. The highest BCUT2D eigenvalue weighted by molar-refractivity contribution is 9.10. The van der Waals surface area contributed by atoms with E-state index in [9.17, 15) is 0 Å². The van der Waals surface area contributed by atoms with Crippen molar-refractivity contribution in [2.45, 2.75) is 6.04 Å². The third-order valence-electron chi connectivity index (χ3n) is 3.10. The Bertz CT molecular complexity index is 757. The van der Waals surface area contributed by atoms with Crippen LogP contribution in [-0.4, -0.2) is 4.98 Å². The Balaban J connectivity index is 2.17. The van der Waals surface area contributed by atoms with Crippen molar-refractivity contribution >= 4 is 54.1 Å². The molecule has 1 unspecified atom stereocenters. The topological polar surface area (TPSA) is 50.9 Å². The fourth-order valence-electron chi connectivity index (χ4n) is 2.12. The van der Waals surface area contributed by atoms with Gasteiger partial charge in [-0.1, -0.05) is 18.2 Å². The predicted molar refractivity (Wildman–Crippen MR) is 90.6 cm³/mol. The molecule has 0 saturated carbocycles. The number of rotatable bonds is 3. The van der Waals surface area contributed by atoms with E-state index in [0.29, 0.717) is 0 Å². The first-order chi connectivity index (χ1) is 9.70. The first kappa shape index (κ1) is 14.2. The Hall–Kier alpha value is -0.790. The van der Waals surface area contributed by atoms with Crippen LogP contribution in [0.2, 0.25) is 0 Å². The number of para-hydroxylation sites is 1. The number of nitrogens with one attached hydrogen (secondary N) is 1. The third kappa shape index (κ3) is 2.54. The van der Waals surface area contributed by atoms with Crippen molar-refractivity contribution in [2.24, 2.45) is 5.84 Å². The number of pyridine rings is 1. The highest BCUT2D eigenvalue weighted by atomic mass is 79.9. The minimum atomic E-state index is -0.158.